The number of thioether (sulfide) groups is 1. The maximum absolute atomic E-state index is 12.1. The molecule has 0 saturated heterocycles. The van der Waals surface area contributed by atoms with Crippen molar-refractivity contribution in [3.8, 4) is 5.75 Å². The Balaban J connectivity index is 1.60. The predicted octanol–water partition coefficient (Wildman–Crippen LogP) is 3.03. The third kappa shape index (κ3) is 5.22. The topological polar surface area (TPSA) is 85.6 Å². The van der Waals surface area contributed by atoms with Crippen molar-refractivity contribution >= 4 is 29.0 Å². The summed E-state index contributed by atoms with van der Waals surface area (Å²) in [6.45, 7) is 1.83. The number of nitrogens with zero attached hydrogens (tertiary/aromatic N) is 3. The maximum atomic E-state index is 12.1. The lowest BCUT2D eigenvalue weighted by atomic mass is 10.3. The second-order valence-corrected chi connectivity index (χ2v) is 6.57. The van der Waals surface area contributed by atoms with Crippen LogP contribution in [0.3, 0.4) is 0 Å². The van der Waals surface area contributed by atoms with E-state index in [0.717, 1.165) is 29.5 Å². The first-order chi connectivity index (χ1) is 13.2. The Kier molecular flexibility index (Phi) is 5.54. The normalized spacial score (nSPS) is 11.4. The van der Waals surface area contributed by atoms with Gasteiger partial charge in [0.25, 0.3) is 0 Å². The first-order valence-corrected chi connectivity index (χ1v) is 8.84. The molecule has 1 N–H and O–H groups in total. The molecule has 0 atom stereocenters. The van der Waals surface area contributed by atoms with E-state index in [2.05, 4.69) is 20.0 Å². The van der Waals surface area contributed by atoms with Crippen molar-refractivity contribution in [1.29, 1.82) is 0 Å². The van der Waals surface area contributed by atoms with E-state index in [9.17, 15) is 22.8 Å². The standard InChI is InChI=1S/C17H13F3N4O3S/c1-10-2-7-13-22-15(23-16(26)24(13)8-10)28-9-14(25)21-11-3-5-12(6-4-11)27-17(18,19)20/h2-8H,9H2,1H3,(H,21,25). The van der Waals surface area contributed by atoms with Gasteiger partial charge in [0, 0.05) is 11.9 Å². The monoisotopic (exact) mass is 410 g/mol. The van der Waals surface area contributed by atoms with Crippen LogP contribution in [-0.2, 0) is 4.79 Å². The molecule has 0 saturated carbocycles. The fourth-order valence-electron chi connectivity index (χ4n) is 2.23. The van der Waals surface area contributed by atoms with Crippen LogP contribution < -0.4 is 15.7 Å². The quantitative estimate of drug-likeness (QED) is 0.651. The third-order valence-corrected chi connectivity index (χ3v) is 4.23. The van der Waals surface area contributed by atoms with Gasteiger partial charge in [0.15, 0.2) is 5.16 Å². The summed E-state index contributed by atoms with van der Waals surface area (Å²) < 4.78 is 41.5. The Labute approximate surface area is 160 Å². The molecule has 11 heteroatoms. The lowest BCUT2D eigenvalue weighted by Gasteiger charge is -2.10. The molecule has 2 heterocycles. The van der Waals surface area contributed by atoms with Gasteiger partial charge in [0.05, 0.1) is 5.75 Å². The smallest absolute Gasteiger partial charge is 0.406 e. The van der Waals surface area contributed by atoms with Crippen LogP contribution in [0.25, 0.3) is 5.65 Å². The van der Waals surface area contributed by atoms with E-state index in [1.807, 2.05) is 6.92 Å². The average molecular weight is 410 g/mol. The van der Waals surface area contributed by atoms with Gasteiger partial charge in [0.2, 0.25) is 5.91 Å². The van der Waals surface area contributed by atoms with E-state index in [-0.39, 0.29) is 16.7 Å². The number of nitrogens with one attached hydrogen (secondary N) is 1. The van der Waals surface area contributed by atoms with E-state index >= 15 is 0 Å². The molecule has 1 aromatic carbocycles. The summed E-state index contributed by atoms with van der Waals surface area (Å²) in [6, 6.07) is 8.22. The molecular formula is C17H13F3N4O3S. The molecule has 0 aliphatic carbocycles. The van der Waals surface area contributed by atoms with E-state index < -0.39 is 18.0 Å². The molecule has 146 valence electrons. The van der Waals surface area contributed by atoms with Gasteiger partial charge in [-0.3, -0.25) is 9.20 Å². The molecule has 0 unspecified atom stereocenters. The fourth-order valence-corrected chi connectivity index (χ4v) is 2.87. The van der Waals surface area contributed by atoms with Crippen LogP contribution in [0, 0.1) is 6.92 Å². The summed E-state index contributed by atoms with van der Waals surface area (Å²) in [6.07, 6.45) is -3.16. The second-order valence-electron chi connectivity index (χ2n) is 5.63. The second kappa shape index (κ2) is 7.89. The molecule has 1 amide bonds. The van der Waals surface area contributed by atoms with E-state index in [4.69, 9.17) is 0 Å². The van der Waals surface area contributed by atoms with Crippen molar-refractivity contribution in [2.24, 2.45) is 0 Å². The molecule has 0 aliphatic heterocycles. The number of anilines is 1. The van der Waals surface area contributed by atoms with Gasteiger partial charge in [-0.25, -0.2) is 9.78 Å². The molecule has 3 aromatic rings. The number of alkyl halides is 3. The number of rotatable bonds is 5. The Bertz CT molecular complexity index is 1070. The molecule has 0 fully saturated rings. The van der Waals surface area contributed by atoms with Gasteiger partial charge in [0.1, 0.15) is 11.4 Å². The minimum atomic E-state index is -4.78. The van der Waals surface area contributed by atoms with Gasteiger partial charge in [-0.1, -0.05) is 17.8 Å². The Morgan fingerprint density at radius 1 is 1.18 bits per heavy atom. The number of benzene rings is 1. The van der Waals surface area contributed by atoms with E-state index in [0.29, 0.717) is 11.3 Å². The minimum Gasteiger partial charge on any atom is -0.406 e. The number of aromatic nitrogens is 3. The Morgan fingerprint density at radius 2 is 1.89 bits per heavy atom. The molecule has 0 bridgehead atoms. The lowest BCUT2D eigenvalue weighted by molar-refractivity contribution is -0.274. The summed E-state index contributed by atoms with van der Waals surface area (Å²) in [5.41, 5.74) is 1.09. The predicted molar refractivity (Wildman–Crippen MR) is 96.5 cm³/mol. The van der Waals surface area contributed by atoms with Crippen LogP contribution in [-0.4, -0.2) is 32.4 Å². The van der Waals surface area contributed by atoms with Crippen LogP contribution in [0.4, 0.5) is 18.9 Å². The number of hydrogen-bond acceptors (Lipinski definition) is 6. The summed E-state index contributed by atoms with van der Waals surface area (Å²) in [5.74, 6) is -0.898. The zero-order chi connectivity index (χ0) is 20.3. The van der Waals surface area contributed by atoms with Crippen LogP contribution in [0.5, 0.6) is 5.75 Å². The Morgan fingerprint density at radius 3 is 2.57 bits per heavy atom. The maximum Gasteiger partial charge on any atom is 0.573 e. The molecule has 0 spiro atoms. The van der Waals surface area contributed by atoms with E-state index in [1.165, 1.54) is 16.5 Å². The number of aryl methyl sites for hydroxylation is 1. The molecule has 0 radical (unpaired) electrons. The van der Waals surface area contributed by atoms with Crippen molar-refractivity contribution in [3.05, 3.63) is 58.6 Å². The summed E-state index contributed by atoms with van der Waals surface area (Å²) in [4.78, 5) is 32.1. The molecule has 28 heavy (non-hydrogen) atoms. The summed E-state index contributed by atoms with van der Waals surface area (Å²) in [7, 11) is 0. The number of carbonyl (C=O) groups excluding carboxylic acids is 1. The van der Waals surface area contributed by atoms with Gasteiger partial charge >= 0.3 is 12.1 Å². The Hall–Kier alpha value is -3.08. The first-order valence-electron chi connectivity index (χ1n) is 7.85. The first kappa shape index (κ1) is 19.7. The number of halogens is 3. The number of fused-ring (bicyclic) bond motifs is 1. The zero-order valence-corrected chi connectivity index (χ0v) is 15.2. The van der Waals surface area contributed by atoms with Crippen LogP contribution >= 0.6 is 11.8 Å². The summed E-state index contributed by atoms with van der Waals surface area (Å²) >= 11 is 0.971. The third-order valence-electron chi connectivity index (χ3n) is 3.39. The molecule has 2 aromatic heterocycles. The average Bonchev–Trinajstić information content (AvgIpc) is 2.61. The van der Waals surface area contributed by atoms with Gasteiger partial charge < -0.3 is 10.1 Å². The van der Waals surface area contributed by atoms with Gasteiger partial charge in [-0.15, -0.1) is 13.2 Å². The molecule has 0 aliphatic rings. The molecule has 3 rings (SSSR count). The van der Waals surface area contributed by atoms with Crippen LogP contribution in [0.1, 0.15) is 5.56 Å². The number of ether oxygens (including phenoxy) is 1. The van der Waals surface area contributed by atoms with Crippen molar-refractivity contribution in [3.63, 3.8) is 0 Å². The number of pyridine rings is 1. The fraction of sp³-hybridized carbons (Fsp3) is 0.176. The number of amides is 1. The van der Waals surface area contributed by atoms with Crippen molar-refractivity contribution in [2.45, 2.75) is 18.4 Å². The van der Waals surface area contributed by atoms with Gasteiger partial charge in [-0.05, 0) is 42.8 Å². The minimum absolute atomic E-state index is 0.0811. The molecular weight excluding hydrogens is 397 g/mol. The highest BCUT2D eigenvalue weighted by atomic mass is 32.2. The SMILES string of the molecule is Cc1ccc2nc(SCC(=O)Nc3ccc(OC(F)(F)F)cc3)nc(=O)n2c1. The number of carbonyl (C=O) groups is 1. The van der Waals surface area contributed by atoms with Crippen molar-refractivity contribution < 1.29 is 22.7 Å². The van der Waals surface area contributed by atoms with Crippen LogP contribution in [0.2, 0.25) is 0 Å². The van der Waals surface area contributed by atoms with Crippen molar-refractivity contribution in [2.75, 3.05) is 11.1 Å². The van der Waals surface area contributed by atoms with Crippen LogP contribution in [0.15, 0.2) is 52.5 Å². The highest BCUT2D eigenvalue weighted by molar-refractivity contribution is 7.99. The highest BCUT2D eigenvalue weighted by Crippen LogP contribution is 2.24. The summed E-state index contributed by atoms with van der Waals surface area (Å²) in [5, 5.41) is 2.68. The lowest BCUT2D eigenvalue weighted by Crippen LogP contribution is -2.20. The van der Waals surface area contributed by atoms with Gasteiger partial charge in [-0.2, -0.15) is 4.98 Å². The number of hydrogen-bond donors (Lipinski definition) is 1. The highest BCUT2D eigenvalue weighted by Gasteiger charge is 2.30. The largest absolute Gasteiger partial charge is 0.573 e. The van der Waals surface area contributed by atoms with E-state index in [1.54, 1.807) is 18.3 Å². The zero-order valence-electron chi connectivity index (χ0n) is 14.4. The van der Waals surface area contributed by atoms with Crippen molar-refractivity contribution in [1.82, 2.24) is 14.4 Å². The molecule has 7 nitrogen and oxygen atoms in total.